The van der Waals surface area contributed by atoms with Gasteiger partial charge in [-0.05, 0) is 43.7 Å². The van der Waals surface area contributed by atoms with Crippen molar-refractivity contribution in [3.05, 3.63) is 89.9 Å². The molecule has 2 unspecified atom stereocenters. The quantitative estimate of drug-likeness (QED) is 0.627. The molecular weight excluding hydrogens is 390 g/mol. The summed E-state index contributed by atoms with van der Waals surface area (Å²) in [6.45, 7) is 4.22. The molecule has 1 amide bonds. The summed E-state index contributed by atoms with van der Waals surface area (Å²) in [6.07, 6.45) is 1.63. The van der Waals surface area contributed by atoms with Crippen LogP contribution in [0.25, 0.3) is 0 Å². The van der Waals surface area contributed by atoms with E-state index in [-0.39, 0.29) is 18.5 Å². The molecule has 0 aliphatic carbocycles. The van der Waals surface area contributed by atoms with Crippen LogP contribution in [0, 0.1) is 6.92 Å². The maximum absolute atomic E-state index is 13.4. The van der Waals surface area contributed by atoms with Crippen LogP contribution in [0.5, 0.6) is 0 Å². The third-order valence-corrected chi connectivity index (χ3v) is 5.35. The number of anilines is 1. The van der Waals surface area contributed by atoms with Crippen molar-refractivity contribution < 1.29 is 14.3 Å². The van der Waals surface area contributed by atoms with Crippen LogP contribution in [0.1, 0.15) is 36.3 Å². The molecule has 1 aromatic heterocycles. The summed E-state index contributed by atoms with van der Waals surface area (Å²) >= 11 is 0. The van der Waals surface area contributed by atoms with Crippen LogP contribution >= 0.6 is 0 Å². The minimum Gasteiger partial charge on any atom is -0.467 e. The molecule has 2 atom stereocenters. The monoisotopic (exact) mass is 417 g/mol. The minimum atomic E-state index is -0.570. The summed E-state index contributed by atoms with van der Waals surface area (Å²) in [4.78, 5) is 15.3. The van der Waals surface area contributed by atoms with Gasteiger partial charge in [-0.15, -0.1) is 0 Å². The Balaban J connectivity index is 1.61. The number of hydrogen-bond acceptors (Lipinski definition) is 5. The fourth-order valence-electron chi connectivity index (χ4n) is 3.82. The number of rotatable bonds is 7. The van der Waals surface area contributed by atoms with E-state index in [1.165, 1.54) is 10.6 Å². The Kier molecular flexibility index (Phi) is 6.18. The van der Waals surface area contributed by atoms with E-state index in [4.69, 9.17) is 9.52 Å². The van der Waals surface area contributed by atoms with Crippen molar-refractivity contribution in [2.75, 3.05) is 18.0 Å². The number of nitrogens with zero attached hydrogens (tertiary/aromatic N) is 3. The number of carbonyl (C=O) groups is 1. The second-order valence-electron chi connectivity index (χ2n) is 7.95. The molecule has 6 heteroatoms. The van der Waals surface area contributed by atoms with Crippen LogP contribution in [-0.4, -0.2) is 40.9 Å². The number of benzene rings is 2. The predicted molar refractivity (Wildman–Crippen MR) is 121 cm³/mol. The van der Waals surface area contributed by atoms with E-state index < -0.39 is 6.10 Å². The predicted octanol–water partition coefficient (Wildman–Crippen LogP) is 4.15. The molecule has 0 saturated carbocycles. The molecule has 1 N–H and O–H groups in total. The van der Waals surface area contributed by atoms with Crippen molar-refractivity contribution in [1.82, 2.24) is 5.01 Å². The van der Waals surface area contributed by atoms with Crippen LogP contribution in [-0.2, 0) is 4.79 Å². The van der Waals surface area contributed by atoms with Gasteiger partial charge in [0.25, 0.3) is 5.91 Å². The molecular formula is C25H27N3O3. The van der Waals surface area contributed by atoms with Crippen molar-refractivity contribution in [1.29, 1.82) is 0 Å². The number of aryl methyl sites for hydroxylation is 1. The Hall–Kier alpha value is -3.38. The number of amides is 1. The van der Waals surface area contributed by atoms with Crippen LogP contribution < -0.4 is 4.90 Å². The summed E-state index contributed by atoms with van der Waals surface area (Å²) in [5.74, 6) is 0.564. The number of furan rings is 1. The van der Waals surface area contributed by atoms with Gasteiger partial charge in [-0.3, -0.25) is 4.79 Å². The molecule has 160 valence electrons. The first-order valence-corrected chi connectivity index (χ1v) is 10.5. The Morgan fingerprint density at radius 2 is 1.90 bits per heavy atom. The van der Waals surface area contributed by atoms with E-state index in [0.717, 1.165) is 17.0 Å². The van der Waals surface area contributed by atoms with Crippen molar-refractivity contribution in [3.63, 3.8) is 0 Å². The summed E-state index contributed by atoms with van der Waals surface area (Å²) in [7, 11) is 0. The molecule has 4 rings (SSSR count). The number of aliphatic hydroxyl groups excluding tert-OH is 1. The minimum absolute atomic E-state index is 0.108. The molecule has 0 fully saturated rings. The van der Waals surface area contributed by atoms with Gasteiger partial charge in [0.2, 0.25) is 0 Å². The number of hydrazone groups is 1. The van der Waals surface area contributed by atoms with Crippen molar-refractivity contribution >= 4 is 17.3 Å². The largest absolute Gasteiger partial charge is 0.467 e. The molecule has 0 spiro atoms. The van der Waals surface area contributed by atoms with Gasteiger partial charge in [-0.2, -0.15) is 5.10 Å². The number of carbonyl (C=O) groups excluding carboxylic acids is 1. The van der Waals surface area contributed by atoms with Gasteiger partial charge in [0, 0.05) is 18.7 Å². The van der Waals surface area contributed by atoms with E-state index in [1.807, 2.05) is 78.6 Å². The smallest absolute Gasteiger partial charge is 0.262 e. The highest BCUT2D eigenvalue weighted by molar-refractivity contribution is 6.03. The lowest BCUT2D eigenvalue weighted by Crippen LogP contribution is -2.41. The Labute approximate surface area is 182 Å². The Morgan fingerprint density at radius 1 is 1.16 bits per heavy atom. The Bertz CT molecular complexity index is 1030. The standard InChI is InChI=1S/C25H27N3O3/c1-18-10-12-20(13-11-18)22-15-23(24-9-6-14-31-24)28(26-22)25(30)17-27(16-19(2)29)21-7-4-3-5-8-21/h3-14,19,23,29H,15-17H2,1-2H3. The summed E-state index contributed by atoms with van der Waals surface area (Å²) < 4.78 is 5.63. The highest BCUT2D eigenvalue weighted by Gasteiger charge is 2.35. The first-order valence-electron chi connectivity index (χ1n) is 10.5. The van der Waals surface area contributed by atoms with E-state index >= 15 is 0 Å². The molecule has 3 aromatic rings. The van der Waals surface area contributed by atoms with E-state index in [0.29, 0.717) is 18.7 Å². The second kappa shape index (κ2) is 9.18. The molecule has 31 heavy (non-hydrogen) atoms. The normalized spacial score (nSPS) is 16.8. The van der Waals surface area contributed by atoms with Crippen LogP contribution in [0.3, 0.4) is 0 Å². The Morgan fingerprint density at radius 3 is 2.55 bits per heavy atom. The van der Waals surface area contributed by atoms with Crippen molar-refractivity contribution in [2.45, 2.75) is 32.4 Å². The fourth-order valence-corrected chi connectivity index (χ4v) is 3.82. The summed E-state index contributed by atoms with van der Waals surface area (Å²) in [5, 5.41) is 16.2. The summed E-state index contributed by atoms with van der Waals surface area (Å²) in [6, 6.07) is 21.2. The van der Waals surface area contributed by atoms with Gasteiger partial charge in [0.15, 0.2) is 0 Å². The molecule has 2 aromatic carbocycles. The maximum Gasteiger partial charge on any atom is 0.262 e. The van der Waals surface area contributed by atoms with Gasteiger partial charge in [0.1, 0.15) is 11.8 Å². The lowest BCUT2D eigenvalue weighted by molar-refractivity contribution is -0.131. The number of hydrogen-bond donors (Lipinski definition) is 1. The van der Waals surface area contributed by atoms with Crippen molar-refractivity contribution in [2.24, 2.45) is 5.10 Å². The highest BCUT2D eigenvalue weighted by Crippen LogP contribution is 2.33. The SMILES string of the molecule is Cc1ccc(C2=NN(C(=O)CN(CC(C)O)c3ccccc3)C(c3ccco3)C2)cc1. The third kappa shape index (κ3) is 4.86. The van der Waals surface area contributed by atoms with Crippen LogP contribution in [0.2, 0.25) is 0 Å². The topological polar surface area (TPSA) is 69.3 Å². The molecule has 2 heterocycles. The second-order valence-corrected chi connectivity index (χ2v) is 7.95. The lowest BCUT2D eigenvalue weighted by Gasteiger charge is -2.28. The lowest BCUT2D eigenvalue weighted by atomic mass is 10.0. The molecule has 0 radical (unpaired) electrons. The van der Waals surface area contributed by atoms with Gasteiger partial charge in [-0.1, -0.05) is 48.0 Å². The average molecular weight is 418 g/mol. The maximum atomic E-state index is 13.4. The third-order valence-electron chi connectivity index (χ3n) is 5.35. The first-order chi connectivity index (χ1) is 15.0. The zero-order valence-corrected chi connectivity index (χ0v) is 17.8. The van der Waals surface area contributed by atoms with Gasteiger partial charge >= 0.3 is 0 Å². The average Bonchev–Trinajstić information content (AvgIpc) is 3.44. The van der Waals surface area contributed by atoms with Gasteiger partial charge in [0.05, 0.1) is 24.6 Å². The molecule has 1 aliphatic heterocycles. The fraction of sp³-hybridized carbons (Fsp3) is 0.280. The zero-order valence-electron chi connectivity index (χ0n) is 17.8. The van der Waals surface area contributed by atoms with Crippen molar-refractivity contribution in [3.8, 4) is 0 Å². The molecule has 0 bridgehead atoms. The van der Waals surface area contributed by atoms with Gasteiger partial charge in [-0.25, -0.2) is 5.01 Å². The van der Waals surface area contributed by atoms with E-state index in [1.54, 1.807) is 13.2 Å². The van der Waals surface area contributed by atoms with E-state index in [9.17, 15) is 9.90 Å². The van der Waals surface area contributed by atoms with Crippen LogP contribution in [0.15, 0.2) is 82.5 Å². The van der Waals surface area contributed by atoms with E-state index in [2.05, 4.69) is 0 Å². The number of para-hydroxylation sites is 1. The first kappa shape index (κ1) is 20.9. The number of aliphatic hydroxyl groups is 1. The molecule has 0 saturated heterocycles. The van der Waals surface area contributed by atoms with Gasteiger partial charge < -0.3 is 14.4 Å². The summed E-state index contributed by atoms with van der Waals surface area (Å²) in [5.41, 5.74) is 3.92. The molecule has 6 nitrogen and oxygen atoms in total. The van der Waals surface area contributed by atoms with Crippen LogP contribution in [0.4, 0.5) is 5.69 Å². The molecule has 1 aliphatic rings. The highest BCUT2D eigenvalue weighted by atomic mass is 16.3. The zero-order chi connectivity index (χ0) is 21.8.